The van der Waals surface area contributed by atoms with Crippen LogP contribution < -0.4 is 5.32 Å². The third-order valence-corrected chi connectivity index (χ3v) is 16.9. The highest BCUT2D eigenvalue weighted by Crippen LogP contribution is 2.65. The van der Waals surface area contributed by atoms with Gasteiger partial charge in [0.25, 0.3) is 5.91 Å². The molecular weight excluding hydrogens is 1150 g/mol. The van der Waals surface area contributed by atoms with E-state index < -0.39 is 151 Å². The number of aryl methyl sites for hydroxylation is 1. The molecule has 1 aliphatic heterocycles. The molecule has 8 rings (SSSR count). The van der Waals surface area contributed by atoms with Crippen molar-refractivity contribution >= 4 is 53.7 Å². The Morgan fingerprint density at radius 1 is 0.742 bits per heavy atom. The molecule has 11 atom stereocenters. The summed E-state index contributed by atoms with van der Waals surface area (Å²) in [5.74, 6) is -9.86. The highest BCUT2D eigenvalue weighted by atomic mass is 16.7. The number of Topliss-reactive ketones (excluding diaryl/α,β-unsaturated/α-hetero) is 1. The van der Waals surface area contributed by atoms with Crippen LogP contribution in [-0.4, -0.2) is 132 Å². The van der Waals surface area contributed by atoms with E-state index in [4.69, 9.17) is 47.4 Å². The van der Waals surface area contributed by atoms with Crippen molar-refractivity contribution in [2.24, 2.45) is 16.7 Å². The maximum Gasteiger partial charge on any atom is 0.508 e. The minimum atomic E-state index is -2.63. The molecule has 2 N–H and O–H groups in total. The van der Waals surface area contributed by atoms with Crippen molar-refractivity contribution in [1.82, 2.24) is 5.32 Å². The van der Waals surface area contributed by atoms with Gasteiger partial charge >= 0.3 is 42.0 Å². The maximum atomic E-state index is 16.5. The van der Waals surface area contributed by atoms with E-state index in [1.807, 2.05) is 19.1 Å². The predicted molar refractivity (Wildman–Crippen MR) is 317 cm³/mol. The van der Waals surface area contributed by atoms with E-state index in [0.717, 1.165) is 19.4 Å². The van der Waals surface area contributed by atoms with Crippen molar-refractivity contribution in [2.75, 3.05) is 19.8 Å². The molecule has 470 valence electrons. The monoisotopic (exact) mass is 1220 g/mol. The number of amides is 1. The minimum Gasteiger partial charge on any atom is -0.459 e. The molecule has 89 heavy (non-hydrogen) atoms. The molecular formula is C68H73NO20. The van der Waals surface area contributed by atoms with E-state index in [1.54, 1.807) is 104 Å². The van der Waals surface area contributed by atoms with Gasteiger partial charge in [-0.25, -0.2) is 24.0 Å². The van der Waals surface area contributed by atoms with Crippen LogP contribution in [0.3, 0.4) is 0 Å². The predicted octanol–water partition coefficient (Wildman–Crippen LogP) is 8.03. The lowest BCUT2D eigenvalue weighted by Gasteiger charge is -2.67. The Bertz CT molecular complexity index is 3410. The molecule has 0 unspecified atom stereocenters. The maximum absolute atomic E-state index is 16.5. The van der Waals surface area contributed by atoms with E-state index >= 15 is 9.59 Å². The van der Waals surface area contributed by atoms with Crippen molar-refractivity contribution in [3.8, 4) is 0 Å². The molecule has 3 fully saturated rings. The number of allylic oxidation sites excluding steroid dienone is 3. The first-order chi connectivity index (χ1) is 42.3. The molecule has 21 heteroatoms. The molecule has 3 aliphatic carbocycles. The van der Waals surface area contributed by atoms with Gasteiger partial charge in [0, 0.05) is 37.7 Å². The SMILES string of the molecule is C=C(/C=C\C=C/C)[C@H](NC(=O)c1ccccc1)[C@@H](OC(=O)COCC(=O)OCc1ccccc1)C(=O)O[C@H]1C[C@@]2(O)[C@@H](OC(=O)c3ccccc3)[C@@H]3[C@]4(OC(C)=O)CO[C@@H]4C[C@H](OC(=O)OCc4ccc(C)cc4)[C@@]3(C)C(=O)[C@H](OC(C)=O)C(=C1C)C2(C)C. The zero-order valence-electron chi connectivity index (χ0n) is 50.8. The molecule has 4 aliphatic rings. The Morgan fingerprint density at radius 2 is 1.35 bits per heavy atom. The molecule has 21 nitrogen and oxygen atoms in total. The third kappa shape index (κ3) is 14.3. The van der Waals surface area contributed by atoms with Crippen LogP contribution in [0, 0.1) is 23.7 Å². The molecule has 4 aromatic carbocycles. The van der Waals surface area contributed by atoms with Crippen LogP contribution >= 0.6 is 0 Å². The summed E-state index contributed by atoms with van der Waals surface area (Å²) in [5, 5.41) is 17.1. The van der Waals surface area contributed by atoms with Gasteiger partial charge in [-0.1, -0.05) is 141 Å². The summed E-state index contributed by atoms with van der Waals surface area (Å²) < 4.78 is 59.9. The average Bonchev–Trinajstić information content (AvgIpc) is 0.671. The van der Waals surface area contributed by atoms with Crippen LogP contribution in [0.25, 0.3) is 0 Å². The minimum absolute atomic E-state index is 0.00464. The second-order valence-corrected chi connectivity index (χ2v) is 23.1. The first kappa shape index (κ1) is 65.9. The molecule has 2 saturated carbocycles. The lowest BCUT2D eigenvalue weighted by Crippen LogP contribution is -2.82. The summed E-state index contributed by atoms with van der Waals surface area (Å²) in [6.45, 7) is 13.3. The third-order valence-electron chi connectivity index (χ3n) is 16.9. The number of fused-ring (bicyclic) bond motifs is 5. The fraction of sp³-hybridized carbons (Fsp3) is 0.397. The number of carbonyl (C=O) groups excluding carboxylic acids is 9. The van der Waals surface area contributed by atoms with Crippen LogP contribution in [0.5, 0.6) is 0 Å². The number of nitrogens with one attached hydrogen (secondary N) is 1. The molecule has 4 aromatic rings. The van der Waals surface area contributed by atoms with E-state index in [0.29, 0.717) is 11.1 Å². The summed E-state index contributed by atoms with van der Waals surface area (Å²) >= 11 is 0. The Morgan fingerprint density at radius 3 is 1.96 bits per heavy atom. The van der Waals surface area contributed by atoms with Gasteiger partial charge in [-0.15, -0.1) is 0 Å². The highest BCUT2D eigenvalue weighted by Gasteiger charge is 2.79. The second-order valence-electron chi connectivity index (χ2n) is 23.1. The lowest BCUT2D eigenvalue weighted by atomic mass is 9.44. The zero-order chi connectivity index (χ0) is 64.4. The highest BCUT2D eigenvalue weighted by molar-refractivity contribution is 5.97. The van der Waals surface area contributed by atoms with E-state index in [-0.39, 0.29) is 47.5 Å². The number of ether oxygens (including phenoxy) is 10. The first-order valence-corrected chi connectivity index (χ1v) is 29.0. The standard InChI is InChI=1S/C68H73NO20/c1-10-11-15-22-41(3)55(69-61(75)47-25-18-13-19-26-47)57(87-53(73)38-80-37-52(72)81-35-45-23-16-12-17-24-45)63(77)85-49-34-68(79)60(88-62(76)48-27-20-14-21-28-48)58-66(9,59(74)56(84-43(5)70)54(42(49)4)65(68,7)8)50(33-51-67(58,39-83-51)89-44(6)71)86-64(78)82-36-46-31-29-40(2)30-32-46/h10-32,49-51,55-58,60,79H,3,33-39H2,1-2,4-9H3,(H,69,75)/b11-10-,22-15-/t49-,50-,51+,55-,56+,57+,58-,60-,66+,67-,68+/m0/s1. The molecule has 0 radical (unpaired) electrons. The van der Waals surface area contributed by atoms with Crippen LogP contribution in [0.2, 0.25) is 0 Å². The smallest absolute Gasteiger partial charge is 0.459 e. The number of ketones is 1. The number of carbonyl (C=O) groups is 9. The van der Waals surface area contributed by atoms with Crippen molar-refractivity contribution in [1.29, 1.82) is 0 Å². The second kappa shape index (κ2) is 28.0. The van der Waals surface area contributed by atoms with Gasteiger partial charge in [0.2, 0.25) is 6.10 Å². The number of benzene rings is 4. The molecule has 0 spiro atoms. The van der Waals surface area contributed by atoms with Crippen LogP contribution in [0.15, 0.2) is 163 Å². The van der Waals surface area contributed by atoms with E-state index in [2.05, 4.69) is 11.9 Å². The lowest BCUT2D eigenvalue weighted by molar-refractivity contribution is -0.346. The quantitative estimate of drug-likeness (QED) is 0.0326. The Balaban J connectivity index is 1.26. The summed E-state index contributed by atoms with van der Waals surface area (Å²) in [6, 6.07) is 29.8. The summed E-state index contributed by atoms with van der Waals surface area (Å²) in [5.41, 5.74) is -6.53. The van der Waals surface area contributed by atoms with Crippen LogP contribution in [-0.2, 0) is 89.3 Å². The number of hydrogen-bond acceptors (Lipinski definition) is 20. The van der Waals surface area contributed by atoms with Gasteiger partial charge in [0.05, 0.1) is 23.5 Å². The Labute approximate surface area is 515 Å². The van der Waals surface area contributed by atoms with Gasteiger partial charge in [0.15, 0.2) is 17.5 Å². The molecule has 1 amide bonds. The van der Waals surface area contributed by atoms with Crippen LogP contribution in [0.4, 0.5) is 4.79 Å². The normalized spacial score (nSPS) is 25.6. The fourth-order valence-corrected chi connectivity index (χ4v) is 12.3. The topological polar surface area (TPSA) is 278 Å². The van der Waals surface area contributed by atoms with Crippen molar-refractivity contribution in [2.45, 2.75) is 135 Å². The number of rotatable bonds is 22. The van der Waals surface area contributed by atoms with Gasteiger partial charge < -0.3 is 57.8 Å². The summed E-state index contributed by atoms with van der Waals surface area (Å²) in [4.78, 5) is 129. The van der Waals surface area contributed by atoms with E-state index in [1.165, 1.54) is 58.0 Å². The number of esters is 6. The largest absolute Gasteiger partial charge is 0.508 e. The number of hydrogen-bond donors (Lipinski definition) is 2. The zero-order valence-corrected chi connectivity index (χ0v) is 50.8. The van der Waals surface area contributed by atoms with Gasteiger partial charge in [-0.3, -0.25) is 19.2 Å². The molecule has 2 bridgehead atoms. The fourth-order valence-electron chi connectivity index (χ4n) is 12.3. The van der Waals surface area contributed by atoms with Gasteiger partial charge in [-0.05, 0) is 79.8 Å². The molecule has 1 saturated heterocycles. The van der Waals surface area contributed by atoms with Crippen molar-refractivity contribution < 1.29 is 95.6 Å². The van der Waals surface area contributed by atoms with Crippen molar-refractivity contribution in [3.63, 3.8) is 0 Å². The first-order valence-electron chi connectivity index (χ1n) is 29.0. The average molecular weight is 1220 g/mol. The van der Waals surface area contributed by atoms with Gasteiger partial charge in [-0.2, -0.15) is 0 Å². The van der Waals surface area contributed by atoms with Crippen molar-refractivity contribution in [3.05, 3.63) is 191 Å². The summed E-state index contributed by atoms with van der Waals surface area (Å²) in [7, 11) is 0. The molecule has 0 aromatic heterocycles. The number of aliphatic hydroxyl groups is 1. The Kier molecular flexibility index (Phi) is 20.7. The van der Waals surface area contributed by atoms with Gasteiger partial charge in [0.1, 0.15) is 62.5 Å². The molecule has 1 heterocycles. The Hall–Kier alpha value is -9.05. The summed E-state index contributed by atoms with van der Waals surface area (Å²) in [6.07, 6.45) is -6.79. The van der Waals surface area contributed by atoms with Crippen LogP contribution in [0.1, 0.15) is 98.7 Å². The van der Waals surface area contributed by atoms with E-state index in [9.17, 15) is 38.7 Å².